The summed E-state index contributed by atoms with van der Waals surface area (Å²) >= 11 is 0. The minimum atomic E-state index is -1.10. The molecule has 2 amide bonds. The van der Waals surface area contributed by atoms with Crippen LogP contribution in [0.1, 0.15) is 6.42 Å². The standard InChI is InChI=1S/C11H14N4O5/c1-20-9-4-6(15(18)19)2-3-8(9)14-11(17)7(12)5-10(13)16/h2-4,7H,5,12H2,1H3,(H2,13,16)(H,14,17). The summed E-state index contributed by atoms with van der Waals surface area (Å²) in [5.74, 6) is -1.24. The molecule has 1 unspecified atom stereocenters. The Bertz CT molecular complexity index is 546. The minimum Gasteiger partial charge on any atom is -0.494 e. The smallest absolute Gasteiger partial charge is 0.273 e. The molecular weight excluding hydrogens is 268 g/mol. The molecule has 0 saturated carbocycles. The summed E-state index contributed by atoms with van der Waals surface area (Å²) in [7, 11) is 1.30. The van der Waals surface area contributed by atoms with Crippen molar-refractivity contribution in [3.63, 3.8) is 0 Å². The zero-order valence-corrected chi connectivity index (χ0v) is 10.7. The molecule has 0 heterocycles. The third-order valence-corrected chi connectivity index (χ3v) is 2.41. The van der Waals surface area contributed by atoms with Crippen molar-refractivity contribution >= 4 is 23.2 Å². The normalized spacial score (nSPS) is 11.5. The number of anilines is 1. The number of methoxy groups -OCH3 is 1. The summed E-state index contributed by atoms with van der Waals surface area (Å²) in [6.07, 6.45) is -0.304. The van der Waals surface area contributed by atoms with Crippen molar-refractivity contribution in [2.45, 2.75) is 12.5 Å². The number of rotatable bonds is 6. The van der Waals surface area contributed by atoms with E-state index in [-0.39, 0.29) is 23.5 Å². The molecule has 1 atom stereocenters. The number of nitrogens with zero attached hydrogens (tertiary/aromatic N) is 1. The number of nitro groups is 1. The van der Waals surface area contributed by atoms with Crippen molar-refractivity contribution in [3.8, 4) is 5.75 Å². The highest BCUT2D eigenvalue weighted by molar-refractivity contribution is 5.98. The molecule has 108 valence electrons. The van der Waals surface area contributed by atoms with Crippen molar-refractivity contribution in [1.29, 1.82) is 0 Å². The molecule has 0 fully saturated rings. The number of nitro benzene ring substituents is 1. The molecule has 0 radical (unpaired) electrons. The van der Waals surface area contributed by atoms with Gasteiger partial charge in [0.05, 0.1) is 36.2 Å². The highest BCUT2D eigenvalue weighted by atomic mass is 16.6. The Morgan fingerprint density at radius 3 is 2.65 bits per heavy atom. The minimum absolute atomic E-state index is 0.110. The number of ether oxygens (including phenoxy) is 1. The summed E-state index contributed by atoms with van der Waals surface area (Å²) in [5.41, 5.74) is 10.4. The number of non-ortho nitro benzene ring substituents is 1. The van der Waals surface area contributed by atoms with Crippen LogP contribution in [0.25, 0.3) is 0 Å². The van der Waals surface area contributed by atoms with Gasteiger partial charge in [0, 0.05) is 6.07 Å². The Morgan fingerprint density at radius 2 is 2.15 bits per heavy atom. The van der Waals surface area contributed by atoms with E-state index in [9.17, 15) is 19.7 Å². The number of carbonyl (C=O) groups excluding carboxylic acids is 2. The van der Waals surface area contributed by atoms with Gasteiger partial charge in [0.15, 0.2) is 0 Å². The lowest BCUT2D eigenvalue weighted by atomic mass is 10.2. The molecule has 20 heavy (non-hydrogen) atoms. The molecule has 9 heteroatoms. The van der Waals surface area contributed by atoms with Gasteiger partial charge in [-0.1, -0.05) is 0 Å². The van der Waals surface area contributed by atoms with Crippen molar-refractivity contribution in [2.75, 3.05) is 12.4 Å². The van der Waals surface area contributed by atoms with Crippen molar-refractivity contribution < 1.29 is 19.2 Å². The molecule has 1 aromatic rings. The molecule has 0 aliphatic heterocycles. The van der Waals surface area contributed by atoms with E-state index in [1.807, 2.05) is 0 Å². The van der Waals surface area contributed by atoms with Crippen LogP contribution in [-0.4, -0.2) is 29.9 Å². The van der Waals surface area contributed by atoms with Gasteiger partial charge in [-0.25, -0.2) is 0 Å². The lowest BCUT2D eigenvalue weighted by Crippen LogP contribution is -2.39. The van der Waals surface area contributed by atoms with Gasteiger partial charge in [-0.05, 0) is 6.07 Å². The van der Waals surface area contributed by atoms with Crippen LogP contribution in [-0.2, 0) is 9.59 Å². The second-order valence-electron chi connectivity index (χ2n) is 3.91. The first kappa shape index (κ1) is 15.4. The average Bonchev–Trinajstić information content (AvgIpc) is 2.37. The number of hydrogen-bond acceptors (Lipinski definition) is 6. The Labute approximate surface area is 114 Å². The van der Waals surface area contributed by atoms with Crippen LogP contribution in [0.5, 0.6) is 5.75 Å². The van der Waals surface area contributed by atoms with Gasteiger partial charge in [-0.2, -0.15) is 0 Å². The fourth-order valence-corrected chi connectivity index (χ4v) is 1.43. The summed E-state index contributed by atoms with van der Waals surface area (Å²) in [4.78, 5) is 32.4. The number of hydrogen-bond donors (Lipinski definition) is 3. The van der Waals surface area contributed by atoms with E-state index in [0.717, 1.165) is 6.07 Å². The van der Waals surface area contributed by atoms with Gasteiger partial charge in [-0.15, -0.1) is 0 Å². The number of primary amides is 1. The van der Waals surface area contributed by atoms with Gasteiger partial charge in [0.1, 0.15) is 5.75 Å². The van der Waals surface area contributed by atoms with Crippen LogP contribution in [0.15, 0.2) is 18.2 Å². The first-order chi connectivity index (χ1) is 9.35. The van der Waals surface area contributed by atoms with E-state index >= 15 is 0 Å². The van der Waals surface area contributed by atoms with Crippen LogP contribution in [0.3, 0.4) is 0 Å². The Kier molecular flexibility index (Phi) is 4.98. The molecule has 9 nitrogen and oxygen atoms in total. The molecule has 0 bridgehead atoms. The molecule has 0 aliphatic carbocycles. The van der Waals surface area contributed by atoms with E-state index in [2.05, 4.69) is 5.32 Å². The predicted molar refractivity (Wildman–Crippen MR) is 70.1 cm³/mol. The summed E-state index contributed by atoms with van der Waals surface area (Å²) in [6, 6.07) is 2.58. The quantitative estimate of drug-likeness (QED) is 0.483. The van der Waals surface area contributed by atoms with Crippen molar-refractivity contribution in [1.82, 2.24) is 0 Å². The number of carbonyl (C=O) groups is 2. The first-order valence-electron chi connectivity index (χ1n) is 5.52. The fourth-order valence-electron chi connectivity index (χ4n) is 1.43. The maximum absolute atomic E-state index is 11.7. The molecule has 0 spiro atoms. The van der Waals surface area contributed by atoms with Gasteiger partial charge >= 0.3 is 0 Å². The zero-order valence-electron chi connectivity index (χ0n) is 10.7. The Balaban J connectivity index is 2.89. The average molecular weight is 282 g/mol. The van der Waals surface area contributed by atoms with Gasteiger partial charge in [-0.3, -0.25) is 19.7 Å². The number of nitrogens with two attached hydrogens (primary N) is 2. The molecule has 1 aromatic carbocycles. The van der Waals surface area contributed by atoms with Crippen LogP contribution in [0.4, 0.5) is 11.4 Å². The highest BCUT2D eigenvalue weighted by Gasteiger charge is 2.19. The second kappa shape index (κ2) is 6.48. The van der Waals surface area contributed by atoms with Crippen molar-refractivity contribution in [2.24, 2.45) is 11.5 Å². The predicted octanol–water partition coefficient (Wildman–Crippen LogP) is -0.255. The largest absolute Gasteiger partial charge is 0.494 e. The van der Waals surface area contributed by atoms with E-state index in [1.165, 1.54) is 19.2 Å². The SMILES string of the molecule is COc1cc([N+](=O)[O-])ccc1NC(=O)C(N)CC(N)=O. The Morgan fingerprint density at radius 1 is 1.50 bits per heavy atom. The molecule has 0 aliphatic rings. The number of nitrogens with one attached hydrogen (secondary N) is 1. The fraction of sp³-hybridized carbons (Fsp3) is 0.273. The van der Waals surface area contributed by atoms with Gasteiger partial charge < -0.3 is 21.5 Å². The third kappa shape index (κ3) is 3.92. The molecule has 0 aromatic heterocycles. The topological polar surface area (TPSA) is 151 Å². The van der Waals surface area contributed by atoms with E-state index in [4.69, 9.17) is 16.2 Å². The molecular formula is C11H14N4O5. The Hall–Kier alpha value is -2.68. The summed E-state index contributed by atoms with van der Waals surface area (Å²) in [6.45, 7) is 0. The lowest BCUT2D eigenvalue weighted by molar-refractivity contribution is -0.384. The highest BCUT2D eigenvalue weighted by Crippen LogP contribution is 2.29. The third-order valence-electron chi connectivity index (χ3n) is 2.41. The maximum atomic E-state index is 11.7. The first-order valence-corrected chi connectivity index (χ1v) is 5.52. The maximum Gasteiger partial charge on any atom is 0.273 e. The van der Waals surface area contributed by atoms with E-state index < -0.39 is 22.8 Å². The molecule has 5 N–H and O–H groups in total. The summed E-state index contributed by atoms with van der Waals surface area (Å²) in [5, 5.41) is 13.0. The van der Waals surface area contributed by atoms with Crippen molar-refractivity contribution in [3.05, 3.63) is 28.3 Å². The van der Waals surface area contributed by atoms with Gasteiger partial charge in [0.25, 0.3) is 5.69 Å². The van der Waals surface area contributed by atoms with Crippen LogP contribution < -0.4 is 21.5 Å². The second-order valence-corrected chi connectivity index (χ2v) is 3.91. The van der Waals surface area contributed by atoms with E-state index in [0.29, 0.717) is 0 Å². The zero-order chi connectivity index (χ0) is 15.3. The van der Waals surface area contributed by atoms with Crippen LogP contribution >= 0.6 is 0 Å². The molecule has 1 rings (SSSR count). The van der Waals surface area contributed by atoms with Crippen LogP contribution in [0.2, 0.25) is 0 Å². The lowest BCUT2D eigenvalue weighted by Gasteiger charge is -2.13. The van der Waals surface area contributed by atoms with E-state index in [1.54, 1.807) is 0 Å². The number of amides is 2. The molecule has 0 saturated heterocycles. The number of benzene rings is 1. The monoisotopic (exact) mass is 282 g/mol. The van der Waals surface area contributed by atoms with Gasteiger partial charge in [0.2, 0.25) is 11.8 Å². The summed E-state index contributed by atoms with van der Waals surface area (Å²) < 4.78 is 4.95. The van der Waals surface area contributed by atoms with Crippen LogP contribution in [0, 0.1) is 10.1 Å².